The molecule has 3 aliphatic rings. The number of carbonyl (C=O) groups excluding carboxylic acids is 4. The summed E-state index contributed by atoms with van der Waals surface area (Å²) in [4.78, 5) is 54.6. The first-order chi connectivity index (χ1) is 22.2. The van der Waals surface area contributed by atoms with Gasteiger partial charge in [0.1, 0.15) is 22.8 Å². The second kappa shape index (κ2) is 14.8. The summed E-state index contributed by atoms with van der Waals surface area (Å²) in [5.41, 5.74) is 2.67. The predicted molar refractivity (Wildman–Crippen MR) is 170 cm³/mol. The smallest absolute Gasteiger partial charge is 0.394 e. The van der Waals surface area contributed by atoms with Crippen molar-refractivity contribution in [3.8, 4) is 5.75 Å². The van der Waals surface area contributed by atoms with Gasteiger partial charge in [-0.1, -0.05) is 0 Å². The summed E-state index contributed by atoms with van der Waals surface area (Å²) in [6.07, 6.45) is 0.159. The van der Waals surface area contributed by atoms with E-state index in [1.807, 2.05) is 18.7 Å². The number of phenols is 1. The van der Waals surface area contributed by atoms with Gasteiger partial charge in [-0.05, 0) is 58.3 Å². The number of hydrogen-bond acceptors (Lipinski definition) is 14. The summed E-state index contributed by atoms with van der Waals surface area (Å²) in [7, 11) is -6.24. The van der Waals surface area contributed by atoms with Crippen LogP contribution >= 0.6 is 0 Å². The largest absolute Gasteiger partial charge is 0.508 e. The maximum absolute atomic E-state index is 14.0. The van der Waals surface area contributed by atoms with E-state index in [1.165, 1.54) is 11.8 Å². The number of nitrogens with zero attached hydrogens (tertiary/aromatic N) is 2. The van der Waals surface area contributed by atoms with Crippen molar-refractivity contribution in [3.05, 3.63) is 34.1 Å². The van der Waals surface area contributed by atoms with E-state index in [4.69, 9.17) is 40.8 Å². The van der Waals surface area contributed by atoms with Crippen LogP contribution in [0.5, 0.6) is 5.75 Å². The van der Waals surface area contributed by atoms with Crippen molar-refractivity contribution in [3.63, 3.8) is 0 Å². The Balaban J connectivity index is 0.000000730. The van der Waals surface area contributed by atoms with Crippen LogP contribution in [-0.4, -0.2) is 123 Å². The molecule has 4 rings (SSSR count). The van der Waals surface area contributed by atoms with Crippen LogP contribution in [0.3, 0.4) is 0 Å². The zero-order valence-corrected chi connectivity index (χ0v) is 28.4. The van der Waals surface area contributed by atoms with Crippen molar-refractivity contribution in [1.82, 2.24) is 4.90 Å². The van der Waals surface area contributed by atoms with Gasteiger partial charge >= 0.3 is 20.8 Å². The van der Waals surface area contributed by atoms with Gasteiger partial charge in [0, 0.05) is 37.2 Å². The van der Waals surface area contributed by atoms with Crippen molar-refractivity contribution >= 4 is 61.3 Å². The number of primary amides is 1. The van der Waals surface area contributed by atoms with E-state index < -0.39 is 90.5 Å². The molecule has 4 atom stereocenters. The summed E-state index contributed by atoms with van der Waals surface area (Å²) < 4.78 is 63.2. The van der Waals surface area contributed by atoms with E-state index in [0.29, 0.717) is 24.3 Å². The fourth-order valence-electron chi connectivity index (χ4n) is 6.42. The van der Waals surface area contributed by atoms with Crippen LogP contribution in [0, 0.1) is 11.8 Å². The molecule has 0 saturated heterocycles. The number of nitrogens with two attached hydrogens (primary N) is 1. The molecule has 49 heavy (non-hydrogen) atoms. The molecule has 11 N–H and O–H groups in total. The van der Waals surface area contributed by atoms with Crippen molar-refractivity contribution in [2.75, 3.05) is 37.4 Å². The zero-order valence-electron chi connectivity index (χ0n) is 26.8. The minimum Gasteiger partial charge on any atom is -0.508 e. The summed E-state index contributed by atoms with van der Waals surface area (Å²) in [5, 5.41) is 47.8. The van der Waals surface area contributed by atoms with Gasteiger partial charge in [0.2, 0.25) is 11.7 Å². The Hall–Kier alpha value is -4.16. The fourth-order valence-corrected chi connectivity index (χ4v) is 6.42. The van der Waals surface area contributed by atoms with E-state index >= 15 is 0 Å². The Bertz CT molecular complexity index is 1790. The maximum atomic E-state index is 14.0. The van der Waals surface area contributed by atoms with E-state index in [2.05, 4.69) is 5.32 Å². The van der Waals surface area contributed by atoms with Crippen LogP contribution in [0.25, 0.3) is 5.76 Å². The highest BCUT2D eigenvalue weighted by atomic mass is 32.3. The van der Waals surface area contributed by atoms with E-state index in [9.17, 15) is 39.6 Å². The molecular formula is C27H38N4O16S2. The lowest BCUT2D eigenvalue weighted by atomic mass is 9.57. The summed E-state index contributed by atoms with van der Waals surface area (Å²) in [5.74, 6) is -7.68. The second-order valence-corrected chi connectivity index (χ2v) is 13.1. The number of phenolic OH excluding ortho intramolecular Hbond substituents is 1. The number of Topliss-reactive ketones (excluding diaryl/α,β-unsaturated/α-hetero) is 2. The van der Waals surface area contributed by atoms with Crippen molar-refractivity contribution < 1.29 is 74.7 Å². The molecule has 0 aliphatic heterocycles. The highest BCUT2D eigenvalue weighted by Gasteiger charge is 2.64. The Morgan fingerprint density at radius 1 is 1.00 bits per heavy atom. The number of amides is 2. The number of ketones is 2. The maximum Gasteiger partial charge on any atom is 0.394 e. The van der Waals surface area contributed by atoms with Crippen LogP contribution in [0.4, 0.5) is 11.4 Å². The number of aliphatic hydroxyl groups is 3. The topological polar surface area (TPSA) is 343 Å². The number of rotatable bonds is 6. The van der Waals surface area contributed by atoms with Crippen LogP contribution in [0.2, 0.25) is 0 Å². The third-order valence-electron chi connectivity index (χ3n) is 8.11. The average molecular weight is 739 g/mol. The molecule has 0 aromatic heterocycles. The van der Waals surface area contributed by atoms with Gasteiger partial charge in [-0.3, -0.25) is 42.3 Å². The van der Waals surface area contributed by atoms with Crippen LogP contribution < -0.4 is 16.0 Å². The quantitative estimate of drug-likeness (QED) is 0.0995. The van der Waals surface area contributed by atoms with Crippen LogP contribution in [0.1, 0.15) is 38.3 Å². The summed E-state index contributed by atoms with van der Waals surface area (Å²) in [6, 6.07) is 0.461. The second-order valence-electron chi connectivity index (χ2n) is 11.4. The van der Waals surface area contributed by atoms with Crippen LogP contribution in [0.15, 0.2) is 23.0 Å². The lowest BCUT2D eigenvalue weighted by Gasteiger charge is -2.50. The number of carbonyl (C=O) groups is 4. The monoisotopic (exact) mass is 738 g/mol. The first-order valence-corrected chi connectivity index (χ1v) is 17.0. The van der Waals surface area contributed by atoms with Gasteiger partial charge in [-0.15, -0.1) is 0 Å². The zero-order chi connectivity index (χ0) is 38.1. The van der Waals surface area contributed by atoms with E-state index in [0.717, 1.165) is 0 Å². The van der Waals surface area contributed by atoms with Gasteiger partial charge in [0.05, 0.1) is 17.3 Å². The average Bonchev–Trinajstić information content (AvgIpc) is 2.91. The lowest BCUT2D eigenvalue weighted by molar-refractivity contribution is -0.153. The Morgan fingerprint density at radius 2 is 1.49 bits per heavy atom. The molecule has 1 fully saturated rings. The van der Waals surface area contributed by atoms with Gasteiger partial charge in [0.15, 0.2) is 11.4 Å². The van der Waals surface area contributed by atoms with E-state index in [-0.39, 0.29) is 29.7 Å². The normalized spacial score (nSPS) is 23.3. The Labute approximate surface area is 280 Å². The molecule has 1 aromatic rings. The molecule has 0 heterocycles. The number of likely N-dealkylation sites (N-methyl/N-ethyl adjacent to an activating group) is 1. The number of hydrogen-bond donors (Lipinski definition) is 10. The number of aliphatic hydroxyl groups excluding tert-OH is 2. The standard InChI is InChI=1S/C27H34N4O8.2H2O4S/c1-6-31(7-2)16-10-15(29-11(3)32)21(33)18-13(16)8-12-9-14-20(30(4)5)23(35)19(26(28)38)25(37)27(14,39)24(36)17(12)22(18)34;2*1-5(2,3)4/h10,12,14,20,33-34,37,39H,6-9H2,1-5H3,(H2,28,38)(H,29,32);2*(H2,1,2,3,4)/t12?,14?,20-,27-;;/m0../s1. The minimum absolute atomic E-state index is 0.00232. The molecule has 1 aromatic carbocycles. The number of fused-ring (bicyclic) bond motifs is 3. The molecular weight excluding hydrogens is 700 g/mol. The van der Waals surface area contributed by atoms with E-state index in [1.54, 1.807) is 20.2 Å². The Morgan fingerprint density at radius 3 is 1.90 bits per heavy atom. The molecule has 2 amide bonds. The molecule has 20 nitrogen and oxygen atoms in total. The number of anilines is 2. The molecule has 1 saturated carbocycles. The molecule has 22 heteroatoms. The minimum atomic E-state index is -4.67. The van der Waals surface area contributed by atoms with Crippen LogP contribution in [-0.2, 0) is 46.4 Å². The van der Waals surface area contributed by atoms with Gasteiger partial charge < -0.3 is 36.4 Å². The molecule has 2 unspecified atom stereocenters. The molecule has 0 radical (unpaired) electrons. The predicted octanol–water partition coefficient (Wildman–Crippen LogP) is -0.537. The number of benzene rings is 1. The van der Waals surface area contributed by atoms with Crippen molar-refractivity contribution in [2.24, 2.45) is 17.6 Å². The third-order valence-corrected chi connectivity index (χ3v) is 8.11. The highest BCUT2D eigenvalue weighted by Crippen LogP contribution is 2.54. The third kappa shape index (κ3) is 8.72. The fraction of sp³-hybridized carbons (Fsp3) is 0.481. The van der Waals surface area contributed by atoms with Gasteiger partial charge in [0.25, 0.3) is 5.91 Å². The first-order valence-electron chi connectivity index (χ1n) is 14.2. The molecule has 274 valence electrons. The summed E-state index contributed by atoms with van der Waals surface area (Å²) in [6.45, 7) is 6.26. The summed E-state index contributed by atoms with van der Waals surface area (Å²) >= 11 is 0. The SMILES string of the molecule is CCN(CC)c1cc(NC(C)=O)c(O)c2c1CC1CC3[C@H](N(C)C)C(=O)C(C(N)=O)=C(O)[C@@]3(O)C(=O)C1=C2O.O=S(=O)(O)O.O=S(=O)(O)O. The lowest BCUT2D eigenvalue weighted by Crippen LogP contribution is -2.65. The van der Waals surface area contributed by atoms with Crippen molar-refractivity contribution in [2.45, 2.75) is 45.3 Å². The van der Waals surface area contributed by atoms with Gasteiger partial charge in [-0.2, -0.15) is 16.8 Å². The number of nitrogens with one attached hydrogen (secondary N) is 1. The number of aromatic hydroxyl groups is 1. The molecule has 0 spiro atoms. The highest BCUT2D eigenvalue weighted by molar-refractivity contribution is 7.80. The van der Waals surface area contributed by atoms with Crippen molar-refractivity contribution in [1.29, 1.82) is 0 Å². The Kier molecular flexibility index (Phi) is 12.4. The molecule has 3 aliphatic carbocycles. The van der Waals surface area contributed by atoms with Gasteiger partial charge in [-0.25, -0.2) is 0 Å². The first kappa shape index (κ1) is 41.0. The molecule has 0 bridgehead atoms.